The van der Waals surface area contributed by atoms with E-state index in [4.69, 9.17) is 8.22 Å². The summed E-state index contributed by atoms with van der Waals surface area (Å²) in [5.41, 5.74) is 2.93. The number of hydrogen-bond donors (Lipinski definition) is 0. The van der Waals surface area contributed by atoms with Gasteiger partial charge in [0, 0.05) is 18.0 Å². The van der Waals surface area contributed by atoms with Crippen molar-refractivity contribution in [2.45, 2.75) is 6.54 Å². The van der Waals surface area contributed by atoms with Crippen molar-refractivity contribution in [2.75, 3.05) is 0 Å². The Hall–Kier alpha value is -2.62. The molecule has 4 heterocycles. The number of nitrogens with zero attached hydrogens (tertiary/aromatic N) is 4. The summed E-state index contributed by atoms with van der Waals surface area (Å²) in [4.78, 5) is 4.12. The number of fused-ring (bicyclic) bond motifs is 7. The number of imidazole rings is 1. The third kappa shape index (κ3) is 1.17. The maximum atomic E-state index is 8.14. The van der Waals surface area contributed by atoms with E-state index in [9.17, 15) is 0 Å². The predicted molar refractivity (Wildman–Crippen MR) is 81.9 cm³/mol. The smallest absolute Gasteiger partial charge is 0.264 e. The molecular weight excluding hydrogens is 260 g/mol. The lowest BCUT2D eigenvalue weighted by molar-refractivity contribution is -0.648. The third-order valence-electron chi connectivity index (χ3n) is 4.24. The van der Waals surface area contributed by atoms with Crippen LogP contribution in [0.4, 0.5) is 0 Å². The molecule has 0 radical (unpaired) electrons. The van der Waals surface area contributed by atoms with Crippen LogP contribution in [0.1, 0.15) is 13.8 Å². The van der Waals surface area contributed by atoms with E-state index in [2.05, 4.69) is 4.98 Å². The quantitative estimate of drug-likeness (QED) is 0.400. The summed E-state index contributed by atoms with van der Waals surface area (Å²) in [5.74, 6) is 0.487. The molecule has 4 nitrogen and oxygen atoms in total. The van der Waals surface area contributed by atoms with Gasteiger partial charge < -0.3 is 0 Å². The van der Waals surface area contributed by atoms with Crippen molar-refractivity contribution < 1.29 is 12.8 Å². The highest BCUT2D eigenvalue weighted by Gasteiger charge is 2.34. The monoisotopic (exact) mass is 281 g/mol. The summed E-state index contributed by atoms with van der Waals surface area (Å²) in [5, 5.41) is 0.609. The van der Waals surface area contributed by atoms with Gasteiger partial charge in [0.25, 0.3) is 5.65 Å². The zero-order chi connectivity index (χ0) is 19.1. The Kier molecular flexibility index (Phi) is 1.16. The largest absolute Gasteiger partial charge is 0.269 e. The van der Waals surface area contributed by atoms with Crippen LogP contribution < -0.4 is 4.57 Å². The highest BCUT2D eigenvalue weighted by Crippen LogP contribution is 2.34. The van der Waals surface area contributed by atoms with Gasteiger partial charge in [0.15, 0.2) is 5.52 Å². The second-order valence-corrected chi connectivity index (χ2v) is 5.30. The minimum Gasteiger partial charge on any atom is -0.264 e. The van der Waals surface area contributed by atoms with Crippen molar-refractivity contribution in [1.29, 1.82) is 0 Å². The molecule has 0 saturated carbocycles. The Labute approximate surface area is 130 Å². The Morgan fingerprint density at radius 3 is 3.00 bits per heavy atom. The lowest BCUT2D eigenvalue weighted by atomic mass is 10.2. The number of aryl methyl sites for hydroxylation is 2. The lowest BCUT2D eigenvalue weighted by Gasteiger charge is -1.97. The van der Waals surface area contributed by atoms with Crippen molar-refractivity contribution >= 4 is 22.1 Å². The zero-order valence-corrected chi connectivity index (χ0v) is 11.0. The van der Waals surface area contributed by atoms with E-state index in [1.54, 1.807) is 47.3 Å². The Balaban J connectivity index is 2.07. The minimum atomic E-state index is -2.46. The SMILES string of the molecule is [2H]C([2H])([2H])n1c2[n+](c3c1c1ccccc1n3C([2H])([2H])[2H])Cc1cnccc1-2. The van der Waals surface area contributed by atoms with Gasteiger partial charge in [0.2, 0.25) is 5.82 Å². The second kappa shape index (κ2) is 3.52. The standard InChI is InChI=1S/C17H15N4/c1-19-14-6-4-3-5-13(14)15-17(19)21-10-11-9-18-8-7-12(11)16(21)20(15)2/h3-9H,10H2,1-2H3/q+1/i1D3,2D3. The predicted octanol–water partition coefficient (Wildman–Crippen LogP) is 2.38. The molecular formula is C17H15N4+. The number of pyridine rings is 1. The van der Waals surface area contributed by atoms with Gasteiger partial charge in [-0.25, -0.2) is 4.57 Å². The first-order valence-corrected chi connectivity index (χ1v) is 6.71. The van der Waals surface area contributed by atoms with Gasteiger partial charge in [0.05, 0.1) is 39.7 Å². The molecule has 4 heteroatoms. The molecule has 1 aliphatic heterocycles. The van der Waals surface area contributed by atoms with Crippen LogP contribution in [0.15, 0.2) is 42.7 Å². The van der Waals surface area contributed by atoms with Crippen molar-refractivity contribution in [1.82, 2.24) is 14.1 Å². The summed E-state index contributed by atoms with van der Waals surface area (Å²) >= 11 is 0. The Bertz CT molecular complexity index is 1230. The molecule has 5 rings (SSSR count). The molecule has 0 bridgehead atoms. The van der Waals surface area contributed by atoms with Crippen LogP contribution in [0.25, 0.3) is 33.5 Å². The minimum absolute atomic E-state index is 0.379. The van der Waals surface area contributed by atoms with Gasteiger partial charge in [-0.05, 0) is 18.2 Å². The fourth-order valence-electron chi connectivity index (χ4n) is 3.36. The molecule has 1 aliphatic rings. The van der Waals surface area contributed by atoms with Crippen LogP contribution in [-0.4, -0.2) is 14.1 Å². The van der Waals surface area contributed by atoms with Crippen LogP contribution in [0.3, 0.4) is 0 Å². The van der Waals surface area contributed by atoms with Crippen LogP contribution in [0.2, 0.25) is 0 Å². The maximum absolute atomic E-state index is 8.14. The first-order valence-electron chi connectivity index (χ1n) is 9.71. The van der Waals surface area contributed by atoms with Gasteiger partial charge in [-0.3, -0.25) is 14.1 Å². The molecule has 0 saturated heterocycles. The van der Waals surface area contributed by atoms with Crippen LogP contribution >= 0.6 is 0 Å². The fourth-order valence-corrected chi connectivity index (χ4v) is 3.36. The van der Waals surface area contributed by atoms with E-state index >= 15 is 0 Å². The highest BCUT2D eigenvalue weighted by molar-refractivity contribution is 6.04. The maximum Gasteiger partial charge on any atom is 0.269 e. The number of rotatable bonds is 0. The number of para-hydroxylation sites is 1. The van der Waals surface area contributed by atoms with Gasteiger partial charge in [-0.1, -0.05) is 12.1 Å². The van der Waals surface area contributed by atoms with Crippen molar-refractivity contribution in [2.24, 2.45) is 14.0 Å². The molecule has 0 unspecified atom stereocenters. The van der Waals surface area contributed by atoms with Gasteiger partial charge >= 0.3 is 0 Å². The number of aromatic nitrogens is 4. The summed E-state index contributed by atoms with van der Waals surface area (Å²) in [6, 6.07) is 8.80. The molecule has 0 aliphatic carbocycles. The van der Waals surface area contributed by atoms with E-state index in [1.807, 2.05) is 0 Å². The fraction of sp³-hybridized carbons (Fsp3) is 0.176. The van der Waals surface area contributed by atoms with Crippen molar-refractivity contribution in [3.8, 4) is 11.4 Å². The summed E-state index contributed by atoms with van der Waals surface area (Å²) in [7, 11) is 0. The molecule has 0 N–H and O–H groups in total. The van der Waals surface area contributed by atoms with Crippen molar-refractivity contribution in [3.05, 3.63) is 48.3 Å². The van der Waals surface area contributed by atoms with E-state index in [1.165, 1.54) is 9.13 Å². The van der Waals surface area contributed by atoms with E-state index < -0.39 is 14.0 Å². The summed E-state index contributed by atoms with van der Waals surface area (Å²) in [6.45, 7) is -4.53. The third-order valence-corrected chi connectivity index (χ3v) is 4.24. The van der Waals surface area contributed by atoms with Crippen LogP contribution in [0.5, 0.6) is 0 Å². The van der Waals surface area contributed by atoms with Gasteiger partial charge in [0.1, 0.15) is 5.52 Å². The average molecular weight is 281 g/mol. The first-order chi connectivity index (χ1) is 12.7. The molecule has 0 atom stereocenters. The van der Waals surface area contributed by atoms with Gasteiger partial charge in [-0.2, -0.15) is 0 Å². The number of hydrogen-bond acceptors (Lipinski definition) is 1. The molecule has 3 aromatic heterocycles. The van der Waals surface area contributed by atoms with E-state index in [-0.39, 0.29) is 0 Å². The lowest BCUT2D eigenvalue weighted by Crippen LogP contribution is -2.33. The van der Waals surface area contributed by atoms with Crippen molar-refractivity contribution in [3.63, 3.8) is 0 Å². The normalized spacial score (nSPS) is 18.5. The molecule has 0 amide bonds. The second-order valence-electron chi connectivity index (χ2n) is 5.30. The zero-order valence-electron chi connectivity index (χ0n) is 17.0. The molecule has 0 spiro atoms. The van der Waals surface area contributed by atoms with Crippen LogP contribution in [-0.2, 0) is 20.5 Å². The molecule has 102 valence electrons. The molecule has 0 fully saturated rings. The van der Waals surface area contributed by atoms with E-state index in [0.29, 0.717) is 34.4 Å². The first kappa shape index (κ1) is 6.89. The average Bonchev–Trinajstić information content (AvgIpc) is 3.19. The molecule has 4 aromatic rings. The van der Waals surface area contributed by atoms with Gasteiger partial charge in [-0.15, -0.1) is 0 Å². The number of benzene rings is 1. The van der Waals surface area contributed by atoms with E-state index in [0.717, 1.165) is 11.1 Å². The molecule has 1 aromatic carbocycles. The van der Waals surface area contributed by atoms with Crippen LogP contribution in [0, 0.1) is 0 Å². The summed E-state index contributed by atoms with van der Waals surface area (Å²) in [6.07, 6.45) is 3.31. The molecule has 21 heavy (non-hydrogen) atoms. The topological polar surface area (TPSA) is 26.6 Å². The Morgan fingerprint density at radius 1 is 1.19 bits per heavy atom. The Morgan fingerprint density at radius 2 is 2.10 bits per heavy atom. The summed E-state index contributed by atoms with van der Waals surface area (Å²) < 4.78 is 52.9. The highest BCUT2D eigenvalue weighted by atomic mass is 15.2.